The van der Waals surface area contributed by atoms with Crippen molar-refractivity contribution in [3.05, 3.63) is 58.3 Å². The average molecular weight is 350 g/mol. The predicted octanol–water partition coefficient (Wildman–Crippen LogP) is 5.18. The first-order valence-corrected chi connectivity index (χ1v) is 7.66. The number of para-hydroxylation sites is 2. The van der Waals surface area contributed by atoms with Crippen LogP contribution in [-0.2, 0) is 4.74 Å². The Hall–Kier alpha value is -2.24. The number of aromatic amines is 1. The van der Waals surface area contributed by atoms with Crippen LogP contribution in [0.5, 0.6) is 0 Å². The largest absolute Gasteiger partial charge is 0.438 e. The zero-order valence-corrected chi connectivity index (χ0v) is 13.7. The number of fused-ring (bicyclic) bond motifs is 1. The predicted molar refractivity (Wildman–Crippen MR) is 91.1 cm³/mol. The van der Waals surface area contributed by atoms with Crippen molar-refractivity contribution in [3.63, 3.8) is 0 Å². The number of amides is 1. The van der Waals surface area contributed by atoms with Gasteiger partial charge in [0.1, 0.15) is 5.82 Å². The number of nitrogens with one attached hydrogen (secondary N) is 2. The van der Waals surface area contributed by atoms with Gasteiger partial charge in [-0.2, -0.15) is 0 Å². The van der Waals surface area contributed by atoms with Gasteiger partial charge in [-0.15, -0.1) is 0 Å². The van der Waals surface area contributed by atoms with Crippen LogP contribution in [0.2, 0.25) is 10.0 Å². The van der Waals surface area contributed by atoms with E-state index in [2.05, 4.69) is 15.3 Å². The number of halogens is 2. The molecule has 7 heteroatoms. The van der Waals surface area contributed by atoms with Gasteiger partial charge in [-0.1, -0.05) is 35.3 Å². The Morgan fingerprint density at radius 3 is 2.74 bits per heavy atom. The normalized spacial score (nSPS) is 12.1. The highest BCUT2D eigenvalue weighted by Gasteiger charge is 2.16. The van der Waals surface area contributed by atoms with Gasteiger partial charge in [0.05, 0.1) is 21.1 Å². The molecule has 118 valence electrons. The number of ether oxygens (including phenoxy) is 1. The van der Waals surface area contributed by atoms with Gasteiger partial charge < -0.3 is 9.72 Å². The molecule has 3 rings (SSSR count). The van der Waals surface area contributed by atoms with E-state index < -0.39 is 12.2 Å². The summed E-state index contributed by atoms with van der Waals surface area (Å²) in [5, 5.41) is 3.37. The van der Waals surface area contributed by atoms with Gasteiger partial charge in [-0.3, -0.25) is 5.32 Å². The second kappa shape index (κ2) is 6.48. The lowest BCUT2D eigenvalue weighted by Crippen LogP contribution is -2.16. The first-order valence-electron chi connectivity index (χ1n) is 6.90. The molecule has 5 nitrogen and oxygen atoms in total. The highest BCUT2D eigenvalue weighted by Crippen LogP contribution is 2.25. The number of nitrogens with zero attached hydrogens (tertiary/aromatic N) is 1. The van der Waals surface area contributed by atoms with Crippen molar-refractivity contribution in [2.45, 2.75) is 13.0 Å². The highest BCUT2D eigenvalue weighted by atomic mass is 35.5. The fraction of sp³-hybridized carbons (Fsp3) is 0.125. The van der Waals surface area contributed by atoms with Gasteiger partial charge in [-0.05, 0) is 37.3 Å². The van der Waals surface area contributed by atoms with Crippen LogP contribution >= 0.6 is 23.2 Å². The molecule has 0 saturated carbocycles. The fourth-order valence-electron chi connectivity index (χ4n) is 2.10. The van der Waals surface area contributed by atoms with E-state index in [4.69, 9.17) is 27.9 Å². The van der Waals surface area contributed by atoms with Gasteiger partial charge in [0.25, 0.3) is 0 Å². The topological polar surface area (TPSA) is 67.0 Å². The molecule has 23 heavy (non-hydrogen) atoms. The zero-order valence-electron chi connectivity index (χ0n) is 12.1. The fourth-order valence-corrected chi connectivity index (χ4v) is 2.40. The second-order valence-electron chi connectivity index (χ2n) is 4.94. The van der Waals surface area contributed by atoms with E-state index in [-0.39, 0.29) is 0 Å². The standard InChI is InChI=1S/C16H13Cl2N3O2/c1-9(15-20-13-4-2-3-5-14(13)21-15)23-16(22)19-10-6-7-11(17)12(18)8-10/h2-9H,1H3,(H,19,22)(H,20,21). The molecule has 0 aliphatic heterocycles. The maximum atomic E-state index is 12.0. The van der Waals surface area contributed by atoms with Crippen molar-refractivity contribution in [3.8, 4) is 0 Å². The van der Waals surface area contributed by atoms with Crippen LogP contribution in [0.25, 0.3) is 11.0 Å². The van der Waals surface area contributed by atoms with Crippen LogP contribution in [-0.4, -0.2) is 16.1 Å². The van der Waals surface area contributed by atoms with E-state index in [0.717, 1.165) is 11.0 Å². The molecule has 1 atom stereocenters. The van der Waals surface area contributed by atoms with Crippen LogP contribution in [0.1, 0.15) is 18.9 Å². The number of imidazole rings is 1. The zero-order chi connectivity index (χ0) is 16.4. The molecule has 1 heterocycles. The summed E-state index contributed by atoms with van der Waals surface area (Å²) < 4.78 is 5.32. The van der Waals surface area contributed by atoms with E-state index in [0.29, 0.717) is 21.6 Å². The first-order chi connectivity index (χ1) is 11.0. The summed E-state index contributed by atoms with van der Waals surface area (Å²) >= 11 is 11.7. The van der Waals surface area contributed by atoms with Crippen molar-refractivity contribution < 1.29 is 9.53 Å². The molecule has 3 aromatic rings. The number of benzene rings is 2. The Bertz CT molecular complexity index is 830. The molecule has 1 amide bonds. The number of hydrogen-bond acceptors (Lipinski definition) is 3. The third kappa shape index (κ3) is 3.57. The van der Waals surface area contributed by atoms with Gasteiger partial charge in [0, 0.05) is 5.69 Å². The molecule has 0 bridgehead atoms. The summed E-state index contributed by atoms with van der Waals surface area (Å²) in [5.41, 5.74) is 2.21. The smallest absolute Gasteiger partial charge is 0.412 e. The van der Waals surface area contributed by atoms with Crippen LogP contribution in [0.15, 0.2) is 42.5 Å². The van der Waals surface area contributed by atoms with Gasteiger partial charge in [0.2, 0.25) is 0 Å². The van der Waals surface area contributed by atoms with Crippen LogP contribution in [0.4, 0.5) is 10.5 Å². The monoisotopic (exact) mass is 349 g/mol. The van der Waals surface area contributed by atoms with Gasteiger partial charge in [0.15, 0.2) is 6.10 Å². The minimum Gasteiger partial charge on any atom is -0.438 e. The molecule has 0 fully saturated rings. The van der Waals surface area contributed by atoms with Gasteiger partial charge >= 0.3 is 6.09 Å². The van der Waals surface area contributed by atoms with E-state index in [1.165, 1.54) is 0 Å². The number of carbonyl (C=O) groups is 1. The van der Waals surface area contributed by atoms with Crippen molar-refractivity contribution in [1.82, 2.24) is 9.97 Å². The number of anilines is 1. The summed E-state index contributed by atoms with van der Waals surface area (Å²) in [4.78, 5) is 19.5. The van der Waals surface area contributed by atoms with E-state index in [1.54, 1.807) is 25.1 Å². The molecular weight excluding hydrogens is 337 g/mol. The molecule has 1 unspecified atom stereocenters. The van der Waals surface area contributed by atoms with E-state index in [9.17, 15) is 4.79 Å². The molecule has 0 radical (unpaired) electrons. The molecule has 0 saturated heterocycles. The molecular formula is C16H13Cl2N3O2. The summed E-state index contributed by atoms with van der Waals surface area (Å²) in [6.07, 6.45) is -1.12. The minimum atomic E-state index is -0.601. The van der Waals surface area contributed by atoms with Crippen molar-refractivity contribution >= 4 is 46.0 Å². The van der Waals surface area contributed by atoms with E-state index in [1.807, 2.05) is 24.3 Å². The maximum absolute atomic E-state index is 12.0. The third-order valence-electron chi connectivity index (χ3n) is 3.24. The average Bonchev–Trinajstić information content (AvgIpc) is 2.95. The lowest BCUT2D eigenvalue weighted by atomic mass is 10.3. The van der Waals surface area contributed by atoms with Crippen LogP contribution in [0, 0.1) is 0 Å². The number of carbonyl (C=O) groups excluding carboxylic acids is 1. The van der Waals surface area contributed by atoms with Crippen molar-refractivity contribution in [1.29, 1.82) is 0 Å². The van der Waals surface area contributed by atoms with Crippen LogP contribution in [0.3, 0.4) is 0 Å². The molecule has 2 aromatic carbocycles. The summed E-state index contributed by atoms with van der Waals surface area (Å²) in [6, 6.07) is 12.4. The molecule has 0 aliphatic rings. The van der Waals surface area contributed by atoms with Crippen LogP contribution < -0.4 is 5.32 Å². The Kier molecular flexibility index (Phi) is 4.41. The highest BCUT2D eigenvalue weighted by molar-refractivity contribution is 6.42. The third-order valence-corrected chi connectivity index (χ3v) is 3.98. The summed E-state index contributed by atoms with van der Waals surface area (Å²) in [5.74, 6) is 0.579. The Morgan fingerprint density at radius 2 is 2.00 bits per heavy atom. The van der Waals surface area contributed by atoms with Crippen molar-refractivity contribution in [2.75, 3.05) is 5.32 Å². The second-order valence-corrected chi connectivity index (χ2v) is 5.76. The van der Waals surface area contributed by atoms with E-state index >= 15 is 0 Å². The van der Waals surface area contributed by atoms with Crippen molar-refractivity contribution in [2.24, 2.45) is 0 Å². The summed E-state index contributed by atoms with van der Waals surface area (Å²) in [6.45, 7) is 1.74. The Balaban J connectivity index is 1.67. The quantitative estimate of drug-likeness (QED) is 0.684. The SMILES string of the molecule is CC(OC(=O)Nc1ccc(Cl)c(Cl)c1)c1nc2ccccc2[nH]1. The lowest BCUT2D eigenvalue weighted by Gasteiger charge is -2.12. The molecule has 1 aromatic heterocycles. The number of hydrogen-bond donors (Lipinski definition) is 2. The molecule has 0 spiro atoms. The molecule has 2 N–H and O–H groups in total. The number of aromatic nitrogens is 2. The minimum absolute atomic E-state index is 0.356. The first kappa shape index (κ1) is 15.6. The lowest BCUT2D eigenvalue weighted by molar-refractivity contribution is 0.117. The Labute approximate surface area is 142 Å². The molecule has 0 aliphatic carbocycles. The number of rotatable bonds is 3. The maximum Gasteiger partial charge on any atom is 0.412 e. The van der Waals surface area contributed by atoms with Gasteiger partial charge in [-0.25, -0.2) is 9.78 Å². The Morgan fingerprint density at radius 1 is 1.22 bits per heavy atom. The number of H-pyrrole nitrogens is 1. The summed E-state index contributed by atoms with van der Waals surface area (Å²) in [7, 11) is 0.